The Balaban J connectivity index is 1.87. The van der Waals surface area contributed by atoms with Gasteiger partial charge in [0.25, 0.3) is 0 Å². The van der Waals surface area contributed by atoms with Gasteiger partial charge in [0.1, 0.15) is 0 Å². The van der Waals surface area contributed by atoms with E-state index in [4.69, 9.17) is 4.74 Å². The second kappa shape index (κ2) is 5.50. The van der Waals surface area contributed by atoms with Crippen molar-refractivity contribution in [2.24, 2.45) is 5.92 Å². The van der Waals surface area contributed by atoms with Gasteiger partial charge in [-0.1, -0.05) is 12.5 Å². The molecule has 0 radical (unpaired) electrons. The zero-order valence-corrected chi connectivity index (χ0v) is 10.5. The summed E-state index contributed by atoms with van der Waals surface area (Å²) < 4.78 is 18.4. The van der Waals surface area contributed by atoms with Gasteiger partial charge < -0.3 is 10.1 Å². The summed E-state index contributed by atoms with van der Waals surface area (Å²) in [5.41, 5.74) is 0.967. The molecule has 0 aromatic heterocycles. The highest BCUT2D eigenvalue weighted by molar-refractivity contribution is 5.29. The smallest absolute Gasteiger partial charge is 0.165 e. The molecule has 1 aliphatic rings. The molecule has 3 heteroatoms. The predicted octanol–water partition coefficient (Wildman–Crippen LogP) is 3.11. The molecule has 17 heavy (non-hydrogen) atoms. The highest BCUT2D eigenvalue weighted by atomic mass is 19.1. The maximum atomic E-state index is 13.5. The van der Waals surface area contributed by atoms with Crippen molar-refractivity contribution in [1.82, 2.24) is 5.32 Å². The topological polar surface area (TPSA) is 21.3 Å². The number of nitrogens with one attached hydrogen (secondary N) is 1. The molecule has 1 saturated carbocycles. The third kappa shape index (κ3) is 2.97. The quantitative estimate of drug-likeness (QED) is 0.849. The van der Waals surface area contributed by atoms with Crippen LogP contribution in [0.4, 0.5) is 4.39 Å². The number of benzene rings is 1. The number of halogens is 1. The molecule has 1 aromatic carbocycles. The summed E-state index contributed by atoms with van der Waals surface area (Å²) in [7, 11) is 1.48. The standard InChI is InChI=1S/C14H20FNO/c1-10(12-4-3-5-12)16-9-11-6-7-14(17-2)13(15)8-11/h6-8,10,12,16H,3-5,9H2,1-2H3. The van der Waals surface area contributed by atoms with Crippen LogP contribution in [0.1, 0.15) is 31.7 Å². The van der Waals surface area contributed by atoms with Crippen LogP contribution in [-0.4, -0.2) is 13.2 Å². The average molecular weight is 237 g/mol. The van der Waals surface area contributed by atoms with E-state index in [1.165, 1.54) is 26.4 Å². The maximum absolute atomic E-state index is 13.5. The van der Waals surface area contributed by atoms with Gasteiger partial charge in [0.2, 0.25) is 0 Å². The Kier molecular flexibility index (Phi) is 4.00. The van der Waals surface area contributed by atoms with Crippen LogP contribution < -0.4 is 10.1 Å². The zero-order chi connectivity index (χ0) is 12.3. The molecular formula is C14H20FNO. The van der Waals surface area contributed by atoms with E-state index in [0.29, 0.717) is 11.8 Å². The number of hydrogen-bond donors (Lipinski definition) is 1. The van der Waals surface area contributed by atoms with Crippen LogP contribution in [0.5, 0.6) is 5.75 Å². The van der Waals surface area contributed by atoms with E-state index in [-0.39, 0.29) is 5.82 Å². The first-order chi connectivity index (χ1) is 8.20. The number of hydrogen-bond acceptors (Lipinski definition) is 2. The fourth-order valence-corrected chi connectivity index (χ4v) is 2.21. The van der Waals surface area contributed by atoms with Crippen LogP contribution in [0.3, 0.4) is 0 Å². The van der Waals surface area contributed by atoms with Gasteiger partial charge in [0.05, 0.1) is 7.11 Å². The SMILES string of the molecule is COc1ccc(CNC(C)C2CCC2)cc1F. The van der Waals surface area contributed by atoms with Crippen LogP contribution in [0.2, 0.25) is 0 Å². The van der Waals surface area contributed by atoms with E-state index in [2.05, 4.69) is 12.2 Å². The molecule has 1 unspecified atom stereocenters. The Morgan fingerprint density at radius 1 is 1.47 bits per heavy atom. The van der Waals surface area contributed by atoms with Crippen LogP contribution in [-0.2, 0) is 6.54 Å². The Bertz CT molecular complexity index is 376. The summed E-state index contributed by atoms with van der Waals surface area (Å²) in [6.45, 7) is 2.93. The van der Waals surface area contributed by atoms with Crippen LogP contribution >= 0.6 is 0 Å². The summed E-state index contributed by atoms with van der Waals surface area (Å²) in [4.78, 5) is 0. The molecule has 1 aromatic rings. The molecule has 0 aliphatic heterocycles. The molecule has 1 N–H and O–H groups in total. The lowest BCUT2D eigenvalue weighted by atomic mass is 9.80. The van der Waals surface area contributed by atoms with E-state index in [0.717, 1.165) is 18.0 Å². The second-order valence-corrected chi connectivity index (χ2v) is 4.83. The van der Waals surface area contributed by atoms with E-state index in [1.54, 1.807) is 12.1 Å². The van der Waals surface area contributed by atoms with E-state index in [1.807, 2.05) is 6.07 Å². The Labute approximate surface area is 102 Å². The van der Waals surface area contributed by atoms with Gasteiger partial charge in [-0.3, -0.25) is 0 Å². The first kappa shape index (κ1) is 12.4. The van der Waals surface area contributed by atoms with Gasteiger partial charge in [-0.2, -0.15) is 0 Å². The molecule has 2 nitrogen and oxygen atoms in total. The molecule has 0 bridgehead atoms. The summed E-state index contributed by atoms with van der Waals surface area (Å²) in [5.74, 6) is 0.821. The first-order valence-corrected chi connectivity index (χ1v) is 6.26. The van der Waals surface area contributed by atoms with Gasteiger partial charge >= 0.3 is 0 Å². The van der Waals surface area contributed by atoms with Gasteiger partial charge in [-0.15, -0.1) is 0 Å². The van der Waals surface area contributed by atoms with Crippen LogP contribution in [0.25, 0.3) is 0 Å². The summed E-state index contributed by atoms with van der Waals surface area (Å²) in [6.07, 6.45) is 4.00. The van der Waals surface area contributed by atoms with Crippen LogP contribution in [0.15, 0.2) is 18.2 Å². The van der Waals surface area contributed by atoms with Crippen molar-refractivity contribution in [2.75, 3.05) is 7.11 Å². The van der Waals surface area contributed by atoms with Gasteiger partial charge in [-0.25, -0.2) is 4.39 Å². The molecule has 0 heterocycles. The normalized spacial score (nSPS) is 17.6. The average Bonchev–Trinajstić information content (AvgIpc) is 2.24. The highest BCUT2D eigenvalue weighted by Crippen LogP contribution is 2.29. The van der Waals surface area contributed by atoms with Crippen molar-refractivity contribution in [1.29, 1.82) is 0 Å². The monoisotopic (exact) mass is 237 g/mol. The van der Waals surface area contributed by atoms with Gasteiger partial charge in [-0.05, 0) is 43.4 Å². The Morgan fingerprint density at radius 3 is 2.76 bits per heavy atom. The van der Waals surface area contributed by atoms with E-state index >= 15 is 0 Å². The van der Waals surface area contributed by atoms with Crippen LogP contribution in [0, 0.1) is 11.7 Å². The summed E-state index contributed by atoms with van der Waals surface area (Å²) in [5, 5.41) is 3.46. The van der Waals surface area contributed by atoms with Gasteiger partial charge in [0.15, 0.2) is 11.6 Å². The molecule has 1 fully saturated rings. The third-order valence-electron chi connectivity index (χ3n) is 3.70. The minimum atomic E-state index is -0.289. The fourth-order valence-electron chi connectivity index (χ4n) is 2.21. The lowest BCUT2D eigenvalue weighted by Gasteiger charge is -2.32. The zero-order valence-electron chi connectivity index (χ0n) is 10.5. The van der Waals surface area contributed by atoms with E-state index < -0.39 is 0 Å². The Hall–Kier alpha value is -1.09. The molecule has 1 aliphatic carbocycles. The number of methoxy groups -OCH3 is 1. The lowest BCUT2D eigenvalue weighted by molar-refractivity contribution is 0.240. The summed E-state index contributed by atoms with van der Waals surface area (Å²) in [6, 6.07) is 5.65. The third-order valence-corrected chi connectivity index (χ3v) is 3.70. The second-order valence-electron chi connectivity index (χ2n) is 4.83. The van der Waals surface area contributed by atoms with Crippen molar-refractivity contribution in [3.05, 3.63) is 29.6 Å². The summed E-state index contributed by atoms with van der Waals surface area (Å²) >= 11 is 0. The lowest BCUT2D eigenvalue weighted by Crippen LogP contribution is -2.36. The van der Waals surface area contributed by atoms with Crippen molar-refractivity contribution < 1.29 is 9.13 Å². The molecular weight excluding hydrogens is 217 g/mol. The highest BCUT2D eigenvalue weighted by Gasteiger charge is 2.23. The minimum absolute atomic E-state index is 0.289. The van der Waals surface area contributed by atoms with Crippen molar-refractivity contribution >= 4 is 0 Å². The molecule has 0 spiro atoms. The molecule has 0 saturated heterocycles. The predicted molar refractivity (Wildman–Crippen MR) is 66.6 cm³/mol. The largest absolute Gasteiger partial charge is 0.494 e. The van der Waals surface area contributed by atoms with Crippen molar-refractivity contribution in [3.8, 4) is 5.75 Å². The van der Waals surface area contributed by atoms with Gasteiger partial charge in [0, 0.05) is 12.6 Å². The first-order valence-electron chi connectivity index (χ1n) is 6.26. The maximum Gasteiger partial charge on any atom is 0.165 e. The Morgan fingerprint density at radius 2 is 2.24 bits per heavy atom. The van der Waals surface area contributed by atoms with Crippen molar-refractivity contribution in [2.45, 2.75) is 38.8 Å². The number of ether oxygens (including phenoxy) is 1. The molecule has 94 valence electrons. The molecule has 1 atom stereocenters. The van der Waals surface area contributed by atoms with Crippen molar-refractivity contribution in [3.63, 3.8) is 0 Å². The minimum Gasteiger partial charge on any atom is -0.494 e. The number of rotatable bonds is 5. The molecule has 0 amide bonds. The molecule has 2 rings (SSSR count). The fraction of sp³-hybridized carbons (Fsp3) is 0.571. The van der Waals surface area contributed by atoms with E-state index in [9.17, 15) is 4.39 Å².